The van der Waals surface area contributed by atoms with Gasteiger partial charge in [0.15, 0.2) is 0 Å². The lowest BCUT2D eigenvalue weighted by Gasteiger charge is -2.03. The standard InChI is InChI=1S/C12H15N3O/c1-9-2-4-11(5-3-9)15-8-10(7-14-15)12(16)6-13/h2-5,7-8,12,16H,6,13H2,1H3. The van der Waals surface area contributed by atoms with Crippen LogP contribution >= 0.6 is 0 Å². The Morgan fingerprint density at radius 1 is 1.38 bits per heavy atom. The third kappa shape index (κ3) is 2.13. The van der Waals surface area contributed by atoms with Crippen molar-refractivity contribution in [3.63, 3.8) is 0 Å². The van der Waals surface area contributed by atoms with E-state index in [2.05, 4.69) is 5.10 Å². The molecule has 0 fully saturated rings. The summed E-state index contributed by atoms with van der Waals surface area (Å²) in [4.78, 5) is 0. The van der Waals surface area contributed by atoms with Crippen LogP contribution in [-0.4, -0.2) is 21.4 Å². The minimum absolute atomic E-state index is 0.208. The third-order valence-electron chi connectivity index (χ3n) is 2.51. The molecule has 1 aromatic heterocycles. The number of aliphatic hydroxyl groups excluding tert-OH is 1. The maximum absolute atomic E-state index is 9.56. The molecule has 0 spiro atoms. The van der Waals surface area contributed by atoms with Crippen LogP contribution in [0.4, 0.5) is 0 Å². The maximum Gasteiger partial charge on any atom is 0.0942 e. The summed E-state index contributed by atoms with van der Waals surface area (Å²) in [5.41, 5.74) is 8.30. The van der Waals surface area contributed by atoms with Crippen molar-refractivity contribution < 1.29 is 5.11 Å². The Balaban J connectivity index is 2.28. The first-order chi connectivity index (χ1) is 7.70. The van der Waals surface area contributed by atoms with Gasteiger partial charge < -0.3 is 10.8 Å². The van der Waals surface area contributed by atoms with E-state index in [1.807, 2.05) is 31.2 Å². The number of aromatic nitrogens is 2. The average Bonchev–Trinajstić information content (AvgIpc) is 2.78. The van der Waals surface area contributed by atoms with Crippen LogP contribution in [0.25, 0.3) is 5.69 Å². The monoisotopic (exact) mass is 217 g/mol. The van der Waals surface area contributed by atoms with Gasteiger partial charge in [0.25, 0.3) is 0 Å². The number of benzene rings is 1. The molecule has 4 nitrogen and oxygen atoms in total. The highest BCUT2D eigenvalue weighted by atomic mass is 16.3. The molecule has 1 unspecified atom stereocenters. The van der Waals surface area contributed by atoms with Gasteiger partial charge in [-0.15, -0.1) is 0 Å². The summed E-state index contributed by atoms with van der Waals surface area (Å²) in [6.07, 6.45) is 2.79. The van der Waals surface area contributed by atoms with E-state index in [1.165, 1.54) is 5.56 Å². The molecule has 0 amide bonds. The van der Waals surface area contributed by atoms with E-state index in [0.717, 1.165) is 11.3 Å². The summed E-state index contributed by atoms with van der Waals surface area (Å²) in [6, 6.07) is 8.02. The van der Waals surface area contributed by atoms with Crippen LogP contribution < -0.4 is 5.73 Å². The molecule has 4 heteroatoms. The van der Waals surface area contributed by atoms with Gasteiger partial charge in [-0.2, -0.15) is 5.10 Å². The fraction of sp³-hybridized carbons (Fsp3) is 0.250. The topological polar surface area (TPSA) is 64.1 Å². The van der Waals surface area contributed by atoms with Crippen molar-refractivity contribution in [2.75, 3.05) is 6.54 Å². The van der Waals surface area contributed by atoms with Crippen LogP contribution in [0.1, 0.15) is 17.2 Å². The van der Waals surface area contributed by atoms with E-state index in [4.69, 9.17) is 5.73 Å². The molecule has 0 aliphatic rings. The number of hydrogen-bond donors (Lipinski definition) is 2. The summed E-state index contributed by atoms with van der Waals surface area (Å²) in [5, 5.41) is 13.7. The summed E-state index contributed by atoms with van der Waals surface area (Å²) in [7, 11) is 0. The van der Waals surface area contributed by atoms with Gasteiger partial charge in [-0.3, -0.25) is 0 Å². The van der Waals surface area contributed by atoms with Crippen LogP contribution in [0.15, 0.2) is 36.7 Å². The average molecular weight is 217 g/mol. The first-order valence-corrected chi connectivity index (χ1v) is 5.20. The van der Waals surface area contributed by atoms with Crippen molar-refractivity contribution in [2.45, 2.75) is 13.0 Å². The molecule has 1 atom stereocenters. The highest BCUT2D eigenvalue weighted by molar-refractivity contribution is 5.34. The zero-order valence-electron chi connectivity index (χ0n) is 9.17. The molecule has 0 aliphatic carbocycles. The summed E-state index contributed by atoms with van der Waals surface area (Å²) >= 11 is 0. The number of hydrogen-bond acceptors (Lipinski definition) is 3. The molecule has 0 radical (unpaired) electrons. The predicted octanol–water partition coefficient (Wildman–Crippen LogP) is 1.17. The Labute approximate surface area is 94.3 Å². The Bertz CT molecular complexity index is 461. The van der Waals surface area contributed by atoms with Gasteiger partial charge >= 0.3 is 0 Å². The number of aliphatic hydroxyl groups is 1. The van der Waals surface area contributed by atoms with Crippen molar-refractivity contribution in [3.8, 4) is 5.69 Å². The molecule has 84 valence electrons. The molecule has 3 N–H and O–H groups in total. The molecule has 2 rings (SSSR count). The molecule has 1 heterocycles. The van der Waals surface area contributed by atoms with Gasteiger partial charge in [-0.1, -0.05) is 17.7 Å². The van der Waals surface area contributed by atoms with E-state index in [9.17, 15) is 5.11 Å². The lowest BCUT2D eigenvalue weighted by atomic mass is 10.2. The van der Waals surface area contributed by atoms with Crippen molar-refractivity contribution in [1.29, 1.82) is 0 Å². The van der Waals surface area contributed by atoms with Gasteiger partial charge in [0, 0.05) is 18.3 Å². The normalized spacial score (nSPS) is 12.7. The molecule has 0 saturated carbocycles. The van der Waals surface area contributed by atoms with E-state index in [-0.39, 0.29) is 6.54 Å². The quantitative estimate of drug-likeness (QED) is 0.811. The summed E-state index contributed by atoms with van der Waals surface area (Å²) in [5.74, 6) is 0. The van der Waals surface area contributed by atoms with Crippen molar-refractivity contribution >= 4 is 0 Å². The minimum atomic E-state index is -0.640. The molecule has 0 saturated heterocycles. The molecule has 1 aromatic carbocycles. The van der Waals surface area contributed by atoms with Crippen molar-refractivity contribution in [3.05, 3.63) is 47.8 Å². The number of nitrogens with zero attached hydrogens (tertiary/aromatic N) is 2. The van der Waals surface area contributed by atoms with Gasteiger partial charge in [-0.05, 0) is 19.1 Å². The Kier molecular flexibility index (Phi) is 3.03. The number of nitrogens with two attached hydrogens (primary N) is 1. The second-order valence-corrected chi connectivity index (χ2v) is 3.81. The van der Waals surface area contributed by atoms with Gasteiger partial charge in [0.2, 0.25) is 0 Å². The molecule has 16 heavy (non-hydrogen) atoms. The van der Waals surface area contributed by atoms with E-state index < -0.39 is 6.10 Å². The first-order valence-electron chi connectivity index (χ1n) is 5.20. The Morgan fingerprint density at radius 3 is 2.69 bits per heavy atom. The lowest BCUT2D eigenvalue weighted by molar-refractivity contribution is 0.186. The van der Waals surface area contributed by atoms with E-state index >= 15 is 0 Å². The fourth-order valence-corrected chi connectivity index (χ4v) is 1.48. The largest absolute Gasteiger partial charge is 0.387 e. The molecule has 0 bridgehead atoms. The van der Waals surface area contributed by atoms with Crippen LogP contribution in [0, 0.1) is 6.92 Å². The summed E-state index contributed by atoms with van der Waals surface area (Å²) in [6.45, 7) is 2.25. The van der Waals surface area contributed by atoms with Crippen LogP contribution in [0.3, 0.4) is 0 Å². The third-order valence-corrected chi connectivity index (χ3v) is 2.51. The fourth-order valence-electron chi connectivity index (χ4n) is 1.48. The second-order valence-electron chi connectivity index (χ2n) is 3.81. The SMILES string of the molecule is Cc1ccc(-n2cc(C(O)CN)cn2)cc1. The lowest BCUT2D eigenvalue weighted by Crippen LogP contribution is -2.10. The van der Waals surface area contributed by atoms with Crippen molar-refractivity contribution in [2.24, 2.45) is 5.73 Å². The molecule has 0 aliphatic heterocycles. The van der Waals surface area contributed by atoms with E-state index in [1.54, 1.807) is 17.1 Å². The molecule has 2 aromatic rings. The van der Waals surface area contributed by atoms with Crippen molar-refractivity contribution in [1.82, 2.24) is 9.78 Å². The number of aryl methyl sites for hydroxylation is 1. The number of rotatable bonds is 3. The zero-order valence-corrected chi connectivity index (χ0v) is 9.17. The molecular formula is C12H15N3O. The Hall–Kier alpha value is -1.65. The molecular weight excluding hydrogens is 202 g/mol. The van der Waals surface area contributed by atoms with Crippen LogP contribution in [0.5, 0.6) is 0 Å². The second kappa shape index (κ2) is 4.47. The summed E-state index contributed by atoms with van der Waals surface area (Å²) < 4.78 is 1.73. The Morgan fingerprint density at radius 2 is 2.06 bits per heavy atom. The van der Waals surface area contributed by atoms with Gasteiger partial charge in [0.1, 0.15) is 0 Å². The van der Waals surface area contributed by atoms with Gasteiger partial charge in [0.05, 0.1) is 18.0 Å². The maximum atomic E-state index is 9.56. The smallest absolute Gasteiger partial charge is 0.0942 e. The zero-order chi connectivity index (χ0) is 11.5. The minimum Gasteiger partial charge on any atom is -0.387 e. The first kappa shape index (κ1) is 10.9. The highest BCUT2D eigenvalue weighted by Gasteiger charge is 2.08. The van der Waals surface area contributed by atoms with Gasteiger partial charge in [-0.25, -0.2) is 4.68 Å². The van der Waals surface area contributed by atoms with Crippen LogP contribution in [-0.2, 0) is 0 Å². The van der Waals surface area contributed by atoms with E-state index in [0.29, 0.717) is 0 Å². The predicted molar refractivity (Wildman–Crippen MR) is 62.3 cm³/mol. The highest BCUT2D eigenvalue weighted by Crippen LogP contribution is 2.14. The van der Waals surface area contributed by atoms with Crippen LogP contribution in [0.2, 0.25) is 0 Å².